The molecule has 3 aromatic rings. The number of anilines is 1. The number of hydrogen-bond donors (Lipinski definition) is 2. The van der Waals surface area contributed by atoms with Crippen molar-refractivity contribution in [3.8, 4) is 10.4 Å². The molecule has 2 heterocycles. The molecule has 6 nitrogen and oxygen atoms in total. The number of halogens is 1. The molecule has 0 radical (unpaired) electrons. The smallest absolute Gasteiger partial charge is 0.279 e. The first-order valence-electron chi connectivity index (χ1n) is 9.38. The van der Waals surface area contributed by atoms with Gasteiger partial charge in [-0.15, -0.1) is 11.3 Å². The fraction of sp³-hybridized carbons (Fsp3) is 0.136. The number of benzene rings is 2. The topological polar surface area (TPSA) is 78.5 Å². The molecular formula is C22H18FN3O3S. The van der Waals surface area contributed by atoms with E-state index in [9.17, 15) is 18.8 Å². The van der Waals surface area contributed by atoms with Gasteiger partial charge in [0, 0.05) is 29.1 Å². The Bertz CT molecular complexity index is 1090. The summed E-state index contributed by atoms with van der Waals surface area (Å²) in [7, 11) is 0. The van der Waals surface area contributed by atoms with Gasteiger partial charge in [0.05, 0.1) is 4.88 Å². The minimum Gasteiger partial charge on any atom is -0.312 e. The number of nitrogens with zero attached hydrogens (tertiary/aromatic N) is 1. The van der Waals surface area contributed by atoms with Gasteiger partial charge < -0.3 is 4.90 Å². The Morgan fingerprint density at radius 2 is 1.60 bits per heavy atom. The predicted molar refractivity (Wildman–Crippen MR) is 113 cm³/mol. The van der Waals surface area contributed by atoms with Gasteiger partial charge in [0.1, 0.15) is 5.82 Å². The van der Waals surface area contributed by atoms with Crippen molar-refractivity contribution in [1.82, 2.24) is 10.9 Å². The van der Waals surface area contributed by atoms with Crippen LogP contribution in [0.2, 0.25) is 0 Å². The summed E-state index contributed by atoms with van der Waals surface area (Å²) in [6, 6.07) is 16.1. The lowest BCUT2D eigenvalue weighted by Gasteiger charge is -2.15. The first-order valence-corrected chi connectivity index (χ1v) is 10.2. The van der Waals surface area contributed by atoms with Gasteiger partial charge in [-0.2, -0.15) is 0 Å². The van der Waals surface area contributed by atoms with Gasteiger partial charge in [0.25, 0.3) is 11.8 Å². The molecule has 0 unspecified atom stereocenters. The molecule has 152 valence electrons. The molecule has 1 aromatic heterocycles. The first kappa shape index (κ1) is 19.8. The van der Waals surface area contributed by atoms with E-state index in [2.05, 4.69) is 10.9 Å². The lowest BCUT2D eigenvalue weighted by atomic mass is 10.2. The molecule has 0 bridgehead atoms. The maximum absolute atomic E-state index is 13.1. The lowest BCUT2D eigenvalue weighted by Crippen LogP contribution is -2.41. The number of rotatable bonds is 4. The molecule has 1 saturated heterocycles. The van der Waals surface area contributed by atoms with Crippen LogP contribution >= 0.6 is 11.3 Å². The van der Waals surface area contributed by atoms with Crippen LogP contribution in [0.25, 0.3) is 10.4 Å². The van der Waals surface area contributed by atoms with Crippen molar-refractivity contribution in [1.29, 1.82) is 0 Å². The van der Waals surface area contributed by atoms with Crippen LogP contribution in [-0.2, 0) is 4.79 Å². The van der Waals surface area contributed by atoms with Crippen LogP contribution < -0.4 is 15.8 Å². The minimum absolute atomic E-state index is 0.0791. The summed E-state index contributed by atoms with van der Waals surface area (Å²) < 4.78 is 13.1. The van der Waals surface area contributed by atoms with E-state index in [4.69, 9.17) is 0 Å². The fourth-order valence-electron chi connectivity index (χ4n) is 3.19. The number of carbonyl (C=O) groups excluding carboxylic acids is 3. The third-order valence-corrected chi connectivity index (χ3v) is 5.90. The van der Waals surface area contributed by atoms with Gasteiger partial charge in [-0.3, -0.25) is 25.2 Å². The van der Waals surface area contributed by atoms with Gasteiger partial charge in [-0.05, 0) is 60.5 Å². The third-order valence-electron chi connectivity index (χ3n) is 4.76. The first-order chi connectivity index (χ1) is 14.5. The van der Waals surface area contributed by atoms with Crippen LogP contribution in [0, 0.1) is 5.82 Å². The molecule has 0 spiro atoms. The number of nitrogens with one attached hydrogen (secondary N) is 2. The summed E-state index contributed by atoms with van der Waals surface area (Å²) in [6.45, 7) is 0.682. The molecular weight excluding hydrogens is 405 g/mol. The largest absolute Gasteiger partial charge is 0.312 e. The zero-order valence-electron chi connectivity index (χ0n) is 15.9. The highest BCUT2D eigenvalue weighted by Gasteiger charge is 2.21. The minimum atomic E-state index is -0.460. The molecule has 4 rings (SSSR count). The second-order valence-corrected chi connectivity index (χ2v) is 7.86. The molecule has 0 saturated carbocycles. The Labute approximate surface area is 176 Å². The van der Waals surface area contributed by atoms with Crippen LogP contribution in [0.1, 0.15) is 32.9 Å². The van der Waals surface area contributed by atoms with Gasteiger partial charge in [0.15, 0.2) is 0 Å². The molecule has 2 aromatic carbocycles. The average molecular weight is 423 g/mol. The van der Waals surface area contributed by atoms with Crippen molar-refractivity contribution < 1.29 is 18.8 Å². The molecule has 1 aliphatic rings. The summed E-state index contributed by atoms with van der Waals surface area (Å²) in [4.78, 5) is 39.3. The summed E-state index contributed by atoms with van der Waals surface area (Å²) >= 11 is 1.24. The Kier molecular flexibility index (Phi) is 5.58. The zero-order chi connectivity index (χ0) is 21.1. The SMILES string of the molecule is O=C(NNC(=O)c1ccc(-c2ccc(F)cc2)s1)c1ccc(N2CCCC2=O)cc1. The van der Waals surface area contributed by atoms with Crippen molar-refractivity contribution in [2.45, 2.75) is 12.8 Å². The summed E-state index contributed by atoms with van der Waals surface area (Å²) in [5.41, 5.74) is 6.71. The molecule has 8 heteroatoms. The fourth-order valence-corrected chi connectivity index (χ4v) is 4.10. The second-order valence-electron chi connectivity index (χ2n) is 6.77. The Hall–Kier alpha value is -3.52. The number of thiophene rings is 1. The number of carbonyl (C=O) groups is 3. The quantitative estimate of drug-likeness (QED) is 0.628. The number of hydrogen-bond acceptors (Lipinski definition) is 4. The monoisotopic (exact) mass is 423 g/mol. The molecule has 1 aliphatic heterocycles. The van der Waals surface area contributed by atoms with E-state index in [1.54, 1.807) is 53.4 Å². The van der Waals surface area contributed by atoms with E-state index in [-0.39, 0.29) is 11.7 Å². The molecule has 3 amide bonds. The van der Waals surface area contributed by atoms with Crippen LogP contribution in [0.15, 0.2) is 60.7 Å². The van der Waals surface area contributed by atoms with Crippen LogP contribution in [-0.4, -0.2) is 24.3 Å². The molecule has 30 heavy (non-hydrogen) atoms. The van der Waals surface area contributed by atoms with Crippen LogP contribution in [0.5, 0.6) is 0 Å². The van der Waals surface area contributed by atoms with E-state index in [0.29, 0.717) is 23.4 Å². The lowest BCUT2D eigenvalue weighted by molar-refractivity contribution is -0.117. The van der Waals surface area contributed by atoms with E-state index >= 15 is 0 Å². The highest BCUT2D eigenvalue weighted by atomic mass is 32.1. The molecule has 1 fully saturated rings. The maximum atomic E-state index is 13.1. The standard InChI is InChI=1S/C22H18FN3O3S/c23-16-7-3-14(4-8-16)18-11-12-19(30-18)22(29)25-24-21(28)15-5-9-17(10-6-15)26-13-1-2-20(26)27/h3-12H,1-2,13H2,(H,24,28)(H,25,29). The van der Waals surface area contributed by atoms with E-state index < -0.39 is 11.8 Å². The highest BCUT2D eigenvalue weighted by molar-refractivity contribution is 7.17. The van der Waals surface area contributed by atoms with Crippen molar-refractivity contribution in [2.24, 2.45) is 0 Å². The molecule has 0 atom stereocenters. The third kappa shape index (κ3) is 4.23. The van der Waals surface area contributed by atoms with Crippen LogP contribution in [0.3, 0.4) is 0 Å². The van der Waals surface area contributed by atoms with Crippen molar-refractivity contribution in [3.05, 3.63) is 76.9 Å². The van der Waals surface area contributed by atoms with Gasteiger partial charge >= 0.3 is 0 Å². The van der Waals surface area contributed by atoms with Crippen molar-refractivity contribution in [2.75, 3.05) is 11.4 Å². The maximum Gasteiger partial charge on any atom is 0.279 e. The van der Waals surface area contributed by atoms with Gasteiger partial charge in [0.2, 0.25) is 5.91 Å². The van der Waals surface area contributed by atoms with Crippen molar-refractivity contribution in [3.63, 3.8) is 0 Å². The number of amides is 3. The summed E-state index contributed by atoms with van der Waals surface area (Å²) in [6.07, 6.45) is 1.37. The molecule has 0 aliphatic carbocycles. The van der Waals surface area contributed by atoms with Crippen molar-refractivity contribution >= 4 is 34.7 Å². The Balaban J connectivity index is 1.35. The molecule has 2 N–H and O–H groups in total. The Morgan fingerprint density at radius 3 is 2.27 bits per heavy atom. The van der Waals surface area contributed by atoms with Crippen LogP contribution in [0.4, 0.5) is 10.1 Å². The highest BCUT2D eigenvalue weighted by Crippen LogP contribution is 2.28. The second kappa shape index (κ2) is 8.46. The normalized spacial score (nSPS) is 13.4. The summed E-state index contributed by atoms with van der Waals surface area (Å²) in [5, 5.41) is 0. The van der Waals surface area contributed by atoms with E-state index in [1.807, 2.05) is 0 Å². The van der Waals surface area contributed by atoms with E-state index in [0.717, 1.165) is 22.5 Å². The summed E-state index contributed by atoms with van der Waals surface area (Å²) in [5.74, 6) is -1.15. The number of hydrazine groups is 1. The Morgan fingerprint density at radius 1 is 0.900 bits per heavy atom. The van der Waals surface area contributed by atoms with Gasteiger partial charge in [-0.1, -0.05) is 12.1 Å². The predicted octanol–water partition coefficient (Wildman–Crippen LogP) is 3.76. The zero-order valence-corrected chi connectivity index (χ0v) is 16.7. The van der Waals surface area contributed by atoms with E-state index in [1.165, 1.54) is 23.5 Å². The average Bonchev–Trinajstić information content (AvgIpc) is 3.42. The van der Waals surface area contributed by atoms with Gasteiger partial charge in [-0.25, -0.2) is 4.39 Å².